The van der Waals surface area contributed by atoms with Gasteiger partial charge in [0.1, 0.15) is 30.3 Å². The molecule has 2 aromatic carbocycles. The average molecular weight is 631 g/mol. The van der Waals surface area contributed by atoms with E-state index < -0.39 is 67.0 Å². The van der Waals surface area contributed by atoms with Gasteiger partial charge in [0, 0.05) is 25.5 Å². The van der Waals surface area contributed by atoms with E-state index in [2.05, 4.69) is 16.6 Å². The van der Waals surface area contributed by atoms with E-state index >= 15 is 0 Å². The van der Waals surface area contributed by atoms with Gasteiger partial charge in [-0.15, -0.1) is 6.42 Å². The van der Waals surface area contributed by atoms with Gasteiger partial charge in [0.05, 0.1) is 44.7 Å². The van der Waals surface area contributed by atoms with Crippen LogP contribution < -0.4 is 15.4 Å². The lowest BCUT2D eigenvalue weighted by Crippen LogP contribution is -2.68. The number of terminal acetylenes is 1. The minimum atomic E-state index is -2.45. The molecule has 0 saturated carbocycles. The third-order valence-corrected chi connectivity index (χ3v) is 6.67. The molecule has 3 rings (SSSR count). The molecule has 0 aliphatic carbocycles. The van der Waals surface area contributed by atoms with Crippen LogP contribution in [0.25, 0.3) is 0 Å². The van der Waals surface area contributed by atoms with Gasteiger partial charge in [0.15, 0.2) is 0 Å². The van der Waals surface area contributed by atoms with Crippen molar-refractivity contribution in [2.24, 2.45) is 0 Å². The highest BCUT2D eigenvalue weighted by Gasteiger charge is 2.55. The van der Waals surface area contributed by atoms with Gasteiger partial charge in [-0.05, 0) is 30.3 Å². The first-order valence-corrected chi connectivity index (χ1v) is 14.1. The fourth-order valence-electron chi connectivity index (χ4n) is 4.53. The highest BCUT2D eigenvalue weighted by molar-refractivity contribution is 5.94. The Kier molecular flexibility index (Phi) is 13.7. The number of carboxylic acid groups (broad SMARTS) is 1. The second kappa shape index (κ2) is 17.4. The van der Waals surface area contributed by atoms with Crippen LogP contribution in [0.4, 0.5) is 0 Å². The number of aliphatic hydroxyl groups excluding tert-OH is 3. The Morgan fingerprint density at radius 3 is 2.42 bits per heavy atom. The quantitative estimate of drug-likeness (QED) is 0.101. The number of ether oxygens (including phenoxy) is 5. The van der Waals surface area contributed by atoms with Gasteiger partial charge >= 0.3 is 5.97 Å². The summed E-state index contributed by atoms with van der Waals surface area (Å²) < 4.78 is 27.3. The van der Waals surface area contributed by atoms with Crippen molar-refractivity contribution in [2.75, 3.05) is 39.6 Å². The summed E-state index contributed by atoms with van der Waals surface area (Å²) in [7, 11) is 0. The normalized spacial score (nSPS) is 22.4. The van der Waals surface area contributed by atoms with Crippen molar-refractivity contribution >= 4 is 17.8 Å². The summed E-state index contributed by atoms with van der Waals surface area (Å²) >= 11 is 0. The molecule has 6 N–H and O–H groups in total. The summed E-state index contributed by atoms with van der Waals surface area (Å²) in [5.41, 5.74) is 0.203. The lowest BCUT2D eigenvalue weighted by Gasteiger charge is -2.46. The van der Waals surface area contributed by atoms with E-state index in [0.29, 0.717) is 11.5 Å². The Balaban J connectivity index is 1.65. The smallest absolute Gasteiger partial charge is 0.364 e. The maximum absolute atomic E-state index is 12.8. The Bertz CT molecular complexity index is 1300. The monoisotopic (exact) mass is 630 g/mol. The van der Waals surface area contributed by atoms with E-state index in [9.17, 15) is 34.8 Å². The van der Waals surface area contributed by atoms with Gasteiger partial charge in [-0.1, -0.05) is 30.2 Å². The van der Waals surface area contributed by atoms with Crippen molar-refractivity contribution in [1.82, 2.24) is 10.6 Å². The maximum atomic E-state index is 12.8. The van der Waals surface area contributed by atoms with E-state index in [1.807, 2.05) is 6.07 Å². The van der Waals surface area contributed by atoms with Crippen LogP contribution >= 0.6 is 0 Å². The number of nitrogens with one attached hydrogen (secondary N) is 2. The average Bonchev–Trinajstić information content (AvgIpc) is 3.02. The van der Waals surface area contributed by atoms with Crippen LogP contribution in [0.5, 0.6) is 11.5 Å². The van der Waals surface area contributed by atoms with Crippen LogP contribution in [0.2, 0.25) is 0 Å². The molecule has 2 amide bonds. The van der Waals surface area contributed by atoms with E-state index in [4.69, 9.17) is 30.1 Å². The van der Waals surface area contributed by atoms with Crippen LogP contribution in [0, 0.1) is 12.3 Å². The molecular formula is C31H38N2O12. The molecule has 0 bridgehead atoms. The molecule has 0 radical (unpaired) electrons. The van der Waals surface area contributed by atoms with Gasteiger partial charge < -0.3 is 54.7 Å². The number of aliphatic carboxylic acids is 1. The predicted molar refractivity (Wildman–Crippen MR) is 157 cm³/mol. The largest absolute Gasteiger partial charge is 0.477 e. The number of carbonyl (C=O) groups excluding carboxylic acids is 2. The molecule has 14 nitrogen and oxygen atoms in total. The van der Waals surface area contributed by atoms with Gasteiger partial charge in [-0.25, -0.2) is 4.79 Å². The summed E-state index contributed by atoms with van der Waals surface area (Å²) in [4.78, 5) is 37.0. The van der Waals surface area contributed by atoms with Crippen molar-refractivity contribution in [3.05, 3.63) is 60.2 Å². The Labute approximate surface area is 260 Å². The summed E-state index contributed by atoms with van der Waals surface area (Å²) in [5, 5.41) is 47.6. The fourth-order valence-corrected chi connectivity index (χ4v) is 4.53. The van der Waals surface area contributed by atoms with Crippen molar-refractivity contribution in [3.63, 3.8) is 0 Å². The molecule has 6 atom stereocenters. The SMILES string of the molecule is C#CCOCCOCCO[C@]1(C(=O)O)C[C@@H](O)[C@H](NC(C)=O)[C@@H]([C@@H](O)[C@@H](O)CNC(=O)c2cccc(Oc3ccccc3)c2)O1. The van der Waals surface area contributed by atoms with Crippen LogP contribution in [-0.4, -0.2) is 114 Å². The van der Waals surface area contributed by atoms with Crippen LogP contribution in [0.1, 0.15) is 23.7 Å². The Morgan fingerprint density at radius 1 is 1.04 bits per heavy atom. The Hall–Kier alpha value is -4.07. The number of carboxylic acids is 1. The van der Waals surface area contributed by atoms with Crippen molar-refractivity contribution < 1.29 is 58.5 Å². The number of rotatable bonds is 17. The zero-order valence-corrected chi connectivity index (χ0v) is 24.7. The summed E-state index contributed by atoms with van der Waals surface area (Å²) in [6.07, 6.45) is -2.37. The topological polar surface area (TPSA) is 202 Å². The number of amides is 2. The number of aliphatic hydroxyl groups is 3. The molecule has 0 aromatic heterocycles. The molecule has 2 aromatic rings. The van der Waals surface area contributed by atoms with Gasteiger partial charge in [0.25, 0.3) is 11.7 Å². The minimum Gasteiger partial charge on any atom is -0.477 e. The minimum absolute atomic E-state index is 0.0670. The molecule has 244 valence electrons. The molecule has 0 spiro atoms. The first-order chi connectivity index (χ1) is 21.6. The zero-order valence-electron chi connectivity index (χ0n) is 24.7. The molecular weight excluding hydrogens is 592 g/mol. The Morgan fingerprint density at radius 2 is 1.73 bits per heavy atom. The number of benzene rings is 2. The zero-order chi connectivity index (χ0) is 32.8. The van der Waals surface area contributed by atoms with Crippen molar-refractivity contribution in [2.45, 2.75) is 49.6 Å². The molecule has 0 unspecified atom stereocenters. The molecule has 1 saturated heterocycles. The van der Waals surface area contributed by atoms with Gasteiger partial charge in [0.2, 0.25) is 5.91 Å². The van der Waals surface area contributed by atoms with Crippen LogP contribution in [0.15, 0.2) is 54.6 Å². The summed E-state index contributed by atoms with van der Waals surface area (Å²) in [6.45, 7) is 0.779. The number of carbonyl (C=O) groups is 3. The highest BCUT2D eigenvalue weighted by Crippen LogP contribution is 2.33. The number of hydrogen-bond acceptors (Lipinski definition) is 11. The van der Waals surface area contributed by atoms with Crippen LogP contribution in [0.3, 0.4) is 0 Å². The van der Waals surface area contributed by atoms with Crippen LogP contribution in [-0.2, 0) is 28.5 Å². The van der Waals surface area contributed by atoms with Crippen molar-refractivity contribution in [1.29, 1.82) is 0 Å². The van der Waals surface area contributed by atoms with E-state index in [1.54, 1.807) is 36.4 Å². The number of para-hydroxylation sites is 1. The molecule has 45 heavy (non-hydrogen) atoms. The standard InChI is InChI=1S/C31H38N2O12/c1-3-12-41-13-14-42-15-16-43-31(30(39)40)18-24(35)26(33-20(2)34)28(45-31)27(37)25(36)19-32-29(38)21-8-7-11-23(17-21)44-22-9-5-4-6-10-22/h1,4-11,17,24-28,35-37H,12-16,18-19H2,2H3,(H,32,38)(H,33,34)(H,39,40)/t24-,25+,26+,27+,28+,31-/m1/s1. The van der Waals surface area contributed by atoms with E-state index in [1.165, 1.54) is 12.1 Å². The van der Waals surface area contributed by atoms with Gasteiger partial charge in [-0.3, -0.25) is 9.59 Å². The maximum Gasteiger partial charge on any atom is 0.364 e. The molecule has 1 aliphatic heterocycles. The second-order valence-electron chi connectivity index (χ2n) is 10.1. The summed E-state index contributed by atoms with van der Waals surface area (Å²) in [5.74, 6) is -2.01. The second-order valence-corrected chi connectivity index (χ2v) is 10.1. The first-order valence-electron chi connectivity index (χ1n) is 14.1. The molecule has 14 heteroatoms. The van der Waals surface area contributed by atoms with E-state index in [0.717, 1.165) is 6.92 Å². The predicted octanol–water partition coefficient (Wildman–Crippen LogP) is 0.0489. The summed E-state index contributed by atoms with van der Waals surface area (Å²) in [6, 6.07) is 13.9. The molecule has 1 fully saturated rings. The highest BCUT2D eigenvalue weighted by atomic mass is 16.7. The van der Waals surface area contributed by atoms with E-state index in [-0.39, 0.29) is 38.6 Å². The van der Waals surface area contributed by atoms with Crippen molar-refractivity contribution in [3.8, 4) is 23.8 Å². The first kappa shape index (κ1) is 35.4. The molecule has 1 heterocycles. The lowest BCUT2D eigenvalue weighted by atomic mass is 9.88. The number of hydrogen-bond donors (Lipinski definition) is 6. The third kappa shape index (κ3) is 10.5. The molecule has 1 aliphatic rings. The van der Waals surface area contributed by atoms with Gasteiger partial charge in [-0.2, -0.15) is 0 Å². The fraction of sp³-hybridized carbons (Fsp3) is 0.452. The third-order valence-electron chi connectivity index (χ3n) is 6.67. The lowest BCUT2D eigenvalue weighted by molar-refractivity contribution is -0.312.